The Morgan fingerprint density at radius 3 is 2.65 bits per heavy atom. The van der Waals surface area contributed by atoms with E-state index in [1.54, 1.807) is 0 Å². The van der Waals surface area contributed by atoms with E-state index < -0.39 is 0 Å². The van der Waals surface area contributed by atoms with E-state index >= 15 is 0 Å². The van der Waals surface area contributed by atoms with Crippen LogP contribution < -0.4 is 0 Å². The van der Waals surface area contributed by atoms with Gasteiger partial charge in [0.2, 0.25) is 0 Å². The Labute approximate surface area is 125 Å². The average molecular weight is 287 g/mol. The number of thioether (sulfide) groups is 1. The van der Waals surface area contributed by atoms with Gasteiger partial charge in [-0.2, -0.15) is 11.8 Å². The van der Waals surface area contributed by atoms with Crippen molar-refractivity contribution in [2.45, 2.75) is 25.4 Å². The number of rotatable bonds is 4. The SMILES string of the molecule is CN(Cc1ccc(-n2ccnc2)cc1)C1CCSCC1. The molecule has 2 aromatic rings. The molecule has 1 aliphatic heterocycles. The molecule has 20 heavy (non-hydrogen) atoms. The molecule has 0 radical (unpaired) electrons. The fraction of sp³-hybridized carbons (Fsp3) is 0.438. The summed E-state index contributed by atoms with van der Waals surface area (Å²) < 4.78 is 2.03. The molecule has 1 aromatic carbocycles. The molecule has 3 rings (SSSR count). The van der Waals surface area contributed by atoms with E-state index in [1.165, 1.54) is 35.6 Å². The third-order valence-corrected chi connectivity index (χ3v) is 5.03. The zero-order valence-electron chi connectivity index (χ0n) is 11.9. The second-order valence-corrected chi connectivity index (χ2v) is 6.62. The second kappa shape index (κ2) is 6.46. The molecule has 0 spiro atoms. The highest BCUT2D eigenvalue weighted by Crippen LogP contribution is 2.22. The maximum absolute atomic E-state index is 4.08. The van der Waals surface area contributed by atoms with E-state index in [0.29, 0.717) is 0 Å². The van der Waals surface area contributed by atoms with Crippen molar-refractivity contribution in [3.05, 3.63) is 48.5 Å². The van der Waals surface area contributed by atoms with Crippen molar-refractivity contribution in [3.63, 3.8) is 0 Å². The topological polar surface area (TPSA) is 21.1 Å². The van der Waals surface area contributed by atoms with Gasteiger partial charge >= 0.3 is 0 Å². The number of imidazole rings is 1. The largest absolute Gasteiger partial charge is 0.306 e. The van der Waals surface area contributed by atoms with Gasteiger partial charge in [0.25, 0.3) is 0 Å². The lowest BCUT2D eigenvalue weighted by molar-refractivity contribution is 0.221. The molecular weight excluding hydrogens is 266 g/mol. The molecule has 0 aliphatic carbocycles. The molecule has 0 bridgehead atoms. The van der Waals surface area contributed by atoms with E-state index in [2.05, 4.69) is 53.0 Å². The Balaban J connectivity index is 1.63. The number of nitrogens with zero attached hydrogens (tertiary/aromatic N) is 3. The highest BCUT2D eigenvalue weighted by molar-refractivity contribution is 7.99. The maximum atomic E-state index is 4.08. The Bertz CT molecular complexity index is 515. The molecule has 1 aliphatic rings. The second-order valence-electron chi connectivity index (χ2n) is 5.40. The predicted octanol–water partition coefficient (Wildman–Crippen LogP) is 3.20. The molecule has 3 nitrogen and oxygen atoms in total. The van der Waals surface area contributed by atoms with Crippen LogP contribution in [0.3, 0.4) is 0 Å². The lowest BCUT2D eigenvalue weighted by atomic mass is 10.1. The molecule has 1 aromatic heterocycles. The third kappa shape index (κ3) is 3.25. The normalized spacial score (nSPS) is 16.7. The van der Waals surface area contributed by atoms with Gasteiger partial charge in [-0.3, -0.25) is 4.90 Å². The molecule has 2 heterocycles. The summed E-state index contributed by atoms with van der Waals surface area (Å²) in [7, 11) is 2.25. The van der Waals surface area contributed by atoms with Crippen LogP contribution in [0.15, 0.2) is 43.0 Å². The van der Waals surface area contributed by atoms with Crippen LogP contribution in [0, 0.1) is 0 Å². The lowest BCUT2D eigenvalue weighted by Gasteiger charge is -2.31. The maximum Gasteiger partial charge on any atom is 0.0991 e. The molecule has 0 saturated carbocycles. The van der Waals surface area contributed by atoms with Gasteiger partial charge in [-0.1, -0.05) is 12.1 Å². The first-order valence-electron chi connectivity index (χ1n) is 7.18. The van der Waals surface area contributed by atoms with Crippen molar-refractivity contribution in [1.82, 2.24) is 14.5 Å². The van der Waals surface area contributed by atoms with Crippen molar-refractivity contribution >= 4 is 11.8 Å². The molecule has 0 amide bonds. The minimum atomic E-state index is 0.754. The number of benzene rings is 1. The lowest BCUT2D eigenvalue weighted by Crippen LogP contribution is -2.34. The van der Waals surface area contributed by atoms with Crippen molar-refractivity contribution in [3.8, 4) is 5.69 Å². The van der Waals surface area contributed by atoms with Crippen LogP contribution in [0.2, 0.25) is 0 Å². The minimum absolute atomic E-state index is 0.754. The van der Waals surface area contributed by atoms with E-state index in [1.807, 2.05) is 23.3 Å². The molecule has 0 atom stereocenters. The van der Waals surface area contributed by atoms with E-state index in [4.69, 9.17) is 0 Å². The highest BCUT2D eigenvalue weighted by atomic mass is 32.2. The number of aromatic nitrogens is 2. The van der Waals surface area contributed by atoms with Crippen LogP contribution in [-0.2, 0) is 6.54 Å². The first kappa shape index (κ1) is 13.7. The van der Waals surface area contributed by atoms with Gasteiger partial charge in [0.1, 0.15) is 0 Å². The minimum Gasteiger partial charge on any atom is -0.306 e. The van der Waals surface area contributed by atoms with Gasteiger partial charge in [-0.25, -0.2) is 4.98 Å². The van der Waals surface area contributed by atoms with Crippen LogP contribution in [-0.4, -0.2) is 39.0 Å². The van der Waals surface area contributed by atoms with Crippen LogP contribution in [0.5, 0.6) is 0 Å². The molecule has 0 unspecified atom stereocenters. The van der Waals surface area contributed by atoms with Crippen LogP contribution in [0.1, 0.15) is 18.4 Å². The van der Waals surface area contributed by atoms with Gasteiger partial charge in [0.15, 0.2) is 0 Å². The summed E-state index contributed by atoms with van der Waals surface area (Å²) >= 11 is 2.09. The van der Waals surface area contributed by atoms with Crippen molar-refractivity contribution in [1.29, 1.82) is 0 Å². The molecule has 4 heteroatoms. The van der Waals surface area contributed by atoms with Gasteiger partial charge in [0.05, 0.1) is 6.33 Å². The zero-order valence-corrected chi connectivity index (χ0v) is 12.7. The Hall–Kier alpha value is -1.26. The summed E-state index contributed by atoms with van der Waals surface area (Å²) in [6, 6.07) is 9.54. The molecular formula is C16H21N3S. The van der Waals surface area contributed by atoms with Crippen LogP contribution in [0.25, 0.3) is 5.69 Å². The highest BCUT2D eigenvalue weighted by Gasteiger charge is 2.18. The molecule has 1 fully saturated rings. The van der Waals surface area contributed by atoms with E-state index in [0.717, 1.165) is 12.6 Å². The fourth-order valence-corrected chi connectivity index (χ4v) is 3.81. The smallest absolute Gasteiger partial charge is 0.0991 e. The summed E-state index contributed by atoms with van der Waals surface area (Å²) in [6.07, 6.45) is 8.27. The number of hydrogen-bond acceptors (Lipinski definition) is 3. The van der Waals surface area contributed by atoms with Gasteiger partial charge < -0.3 is 4.57 Å². The fourth-order valence-electron chi connectivity index (χ4n) is 2.73. The van der Waals surface area contributed by atoms with Gasteiger partial charge in [-0.05, 0) is 49.1 Å². The van der Waals surface area contributed by atoms with E-state index in [-0.39, 0.29) is 0 Å². The zero-order chi connectivity index (χ0) is 13.8. The van der Waals surface area contributed by atoms with Crippen molar-refractivity contribution in [2.24, 2.45) is 0 Å². The Morgan fingerprint density at radius 1 is 1.25 bits per heavy atom. The third-order valence-electron chi connectivity index (χ3n) is 3.99. The Morgan fingerprint density at radius 2 is 2.00 bits per heavy atom. The van der Waals surface area contributed by atoms with Gasteiger partial charge in [-0.15, -0.1) is 0 Å². The monoisotopic (exact) mass is 287 g/mol. The number of hydrogen-bond donors (Lipinski definition) is 0. The first-order chi connectivity index (χ1) is 9.83. The summed E-state index contributed by atoms with van der Waals surface area (Å²) in [5.74, 6) is 2.63. The standard InChI is InChI=1S/C16H21N3S/c1-18(15-6-10-20-11-7-15)12-14-2-4-16(5-3-14)19-9-8-17-13-19/h2-5,8-9,13,15H,6-7,10-12H2,1H3. The van der Waals surface area contributed by atoms with Crippen LogP contribution in [0.4, 0.5) is 0 Å². The summed E-state index contributed by atoms with van der Waals surface area (Å²) in [5, 5.41) is 0. The van der Waals surface area contributed by atoms with Gasteiger partial charge in [0, 0.05) is 30.7 Å². The predicted molar refractivity (Wildman–Crippen MR) is 85.4 cm³/mol. The first-order valence-corrected chi connectivity index (χ1v) is 8.33. The molecule has 0 N–H and O–H groups in total. The molecule has 1 saturated heterocycles. The average Bonchev–Trinajstić information content (AvgIpc) is 3.03. The summed E-state index contributed by atoms with van der Waals surface area (Å²) in [6.45, 7) is 1.04. The summed E-state index contributed by atoms with van der Waals surface area (Å²) in [5.41, 5.74) is 2.55. The van der Waals surface area contributed by atoms with E-state index in [9.17, 15) is 0 Å². The van der Waals surface area contributed by atoms with Crippen LogP contribution >= 0.6 is 11.8 Å². The quantitative estimate of drug-likeness (QED) is 0.861. The Kier molecular flexibility index (Phi) is 4.43. The van der Waals surface area contributed by atoms with Crippen molar-refractivity contribution in [2.75, 3.05) is 18.6 Å². The molecule has 106 valence electrons. The summed E-state index contributed by atoms with van der Waals surface area (Å²) in [4.78, 5) is 6.59. The van der Waals surface area contributed by atoms with Crippen molar-refractivity contribution < 1.29 is 0 Å².